The van der Waals surface area contributed by atoms with Gasteiger partial charge in [0, 0.05) is 18.1 Å². The highest BCUT2D eigenvalue weighted by molar-refractivity contribution is 7.48. The van der Waals surface area contributed by atoms with Gasteiger partial charge in [0.2, 0.25) is 0 Å². The summed E-state index contributed by atoms with van der Waals surface area (Å²) < 4.78 is 56.8. The van der Waals surface area contributed by atoms with Gasteiger partial charge in [-0.1, -0.05) is 6.92 Å². The Kier molecular flexibility index (Phi) is 6.98. The molecular weight excluding hydrogens is 492 g/mol. The van der Waals surface area contributed by atoms with E-state index in [0.29, 0.717) is 0 Å². The summed E-state index contributed by atoms with van der Waals surface area (Å²) in [5.74, 6) is -1.40. The summed E-state index contributed by atoms with van der Waals surface area (Å²) >= 11 is 6.85. The molecule has 0 unspecified atom stereocenters. The molecule has 2 aromatic heterocycles. The van der Waals surface area contributed by atoms with Crippen LogP contribution in [-0.2, 0) is 32.4 Å². The van der Waals surface area contributed by atoms with Crippen LogP contribution in [0.5, 0.6) is 0 Å². The fraction of sp³-hybridized carbons (Fsp3) is 0.619. The Hall–Kier alpha value is -1.75. The van der Waals surface area contributed by atoms with E-state index in [-0.39, 0.29) is 48.4 Å². The normalized spacial score (nSPS) is 32.1. The molecule has 0 aliphatic carbocycles. The molecule has 0 saturated carbocycles. The number of pyridine rings is 1. The third kappa shape index (κ3) is 4.69. The molecule has 6 atom stereocenters. The van der Waals surface area contributed by atoms with Crippen LogP contribution >= 0.6 is 19.4 Å². The predicted octanol–water partition coefficient (Wildman–Crippen LogP) is 4.17. The fourth-order valence-corrected chi connectivity index (χ4v) is 5.94. The van der Waals surface area contributed by atoms with E-state index in [1.807, 2.05) is 0 Å². The number of fused-ring (bicyclic) bond motifs is 2. The number of hydrogen-bond donors (Lipinski definition) is 1. The third-order valence-electron chi connectivity index (χ3n) is 5.83. The van der Waals surface area contributed by atoms with Gasteiger partial charge in [0.25, 0.3) is 0 Å². The van der Waals surface area contributed by atoms with Crippen LogP contribution in [0.2, 0.25) is 0 Å². The van der Waals surface area contributed by atoms with E-state index in [1.165, 1.54) is 23.0 Å². The number of ether oxygens (including phenoxy) is 2. The molecule has 4 heterocycles. The summed E-state index contributed by atoms with van der Waals surface area (Å²) in [5.41, 5.74) is 6.40. The number of anilines is 1. The minimum Gasteiger partial charge on any atom is -0.463 e. The molecule has 0 aromatic carbocycles. The second-order valence-corrected chi connectivity index (χ2v) is 11.4. The molecule has 0 spiro atoms. The van der Waals surface area contributed by atoms with Gasteiger partial charge in [-0.2, -0.15) is 0 Å². The van der Waals surface area contributed by atoms with E-state index in [0.717, 1.165) is 0 Å². The molecule has 34 heavy (non-hydrogen) atoms. The zero-order chi connectivity index (χ0) is 24.8. The Bertz CT molecular complexity index is 1130. The van der Waals surface area contributed by atoms with E-state index < -0.39 is 42.9 Å². The number of carbonyl (C=O) groups is 1. The molecule has 0 radical (unpaired) electrons. The monoisotopic (exact) mass is 519 g/mol. The number of aromatic nitrogens is 2. The maximum atomic E-state index is 14.6. The second kappa shape index (κ2) is 9.37. The van der Waals surface area contributed by atoms with Crippen molar-refractivity contribution >= 4 is 42.1 Å². The summed E-state index contributed by atoms with van der Waals surface area (Å²) in [6.45, 7) is 6.69. The number of nitrogens with two attached hydrogens (primary N) is 1. The van der Waals surface area contributed by atoms with Crippen molar-refractivity contribution in [1.82, 2.24) is 9.55 Å². The molecule has 13 heteroatoms. The highest BCUT2D eigenvalue weighted by atomic mass is 35.5. The third-order valence-corrected chi connectivity index (χ3v) is 7.68. The first-order chi connectivity index (χ1) is 15.9. The van der Waals surface area contributed by atoms with Gasteiger partial charge in [-0.25, -0.2) is 13.9 Å². The van der Waals surface area contributed by atoms with Crippen LogP contribution in [0.3, 0.4) is 0 Å². The SMILES string of the molecule is CC(C)OC(=O)[C@H](C)CCO[P@@]1(=O)OC[C@H]2O[C@@H](n3cc(F)c4c(N)ccnc43)[C@](C)(Cl)[C@@H]2O1. The van der Waals surface area contributed by atoms with Gasteiger partial charge in [0.1, 0.15) is 22.7 Å². The average molecular weight is 520 g/mol. The smallest absolute Gasteiger partial charge is 0.463 e. The van der Waals surface area contributed by atoms with Gasteiger partial charge in [0.05, 0.1) is 30.6 Å². The minimum atomic E-state index is -3.98. The largest absolute Gasteiger partial charge is 0.475 e. The molecule has 2 aliphatic heterocycles. The Morgan fingerprint density at radius 1 is 1.47 bits per heavy atom. The molecule has 2 fully saturated rings. The van der Waals surface area contributed by atoms with Crippen molar-refractivity contribution in [3.63, 3.8) is 0 Å². The minimum absolute atomic E-state index is 0.0526. The fourth-order valence-electron chi connectivity index (χ4n) is 4.05. The van der Waals surface area contributed by atoms with Crippen LogP contribution < -0.4 is 5.73 Å². The molecular formula is C21H28ClFN3O7P. The van der Waals surface area contributed by atoms with Crippen molar-refractivity contribution in [3.05, 3.63) is 24.3 Å². The summed E-state index contributed by atoms with van der Waals surface area (Å²) in [4.78, 5) is 14.9. The van der Waals surface area contributed by atoms with Gasteiger partial charge < -0.3 is 19.8 Å². The highest BCUT2D eigenvalue weighted by Gasteiger charge is 2.60. The number of phosphoric acid groups is 1. The quantitative estimate of drug-likeness (QED) is 0.326. The van der Waals surface area contributed by atoms with E-state index in [4.69, 9.17) is 40.4 Å². The highest BCUT2D eigenvalue weighted by Crippen LogP contribution is 2.60. The lowest BCUT2D eigenvalue weighted by atomic mass is 10.0. The predicted molar refractivity (Wildman–Crippen MR) is 122 cm³/mol. The van der Waals surface area contributed by atoms with Gasteiger partial charge in [-0.05, 0) is 33.3 Å². The first-order valence-corrected chi connectivity index (χ1v) is 12.8. The molecule has 2 saturated heterocycles. The molecule has 0 amide bonds. The van der Waals surface area contributed by atoms with Gasteiger partial charge in [-0.15, -0.1) is 11.6 Å². The van der Waals surface area contributed by atoms with Crippen molar-refractivity contribution in [2.75, 3.05) is 18.9 Å². The number of alkyl halides is 1. The Morgan fingerprint density at radius 3 is 2.91 bits per heavy atom. The number of phosphoric ester groups is 1. The summed E-state index contributed by atoms with van der Waals surface area (Å²) in [7, 11) is -3.98. The molecule has 2 N–H and O–H groups in total. The van der Waals surface area contributed by atoms with Crippen LogP contribution in [0.4, 0.5) is 10.1 Å². The number of esters is 1. The molecule has 2 aromatic rings. The topological polar surface area (TPSA) is 124 Å². The maximum absolute atomic E-state index is 14.6. The van der Waals surface area contributed by atoms with Crippen LogP contribution in [0.25, 0.3) is 11.0 Å². The van der Waals surface area contributed by atoms with Crippen molar-refractivity contribution in [1.29, 1.82) is 0 Å². The summed E-state index contributed by atoms with van der Waals surface area (Å²) in [5, 5.41) is 0.157. The van der Waals surface area contributed by atoms with E-state index in [2.05, 4.69) is 4.98 Å². The average Bonchev–Trinajstić information content (AvgIpc) is 3.21. The molecule has 0 bridgehead atoms. The maximum Gasteiger partial charge on any atom is 0.475 e. The first-order valence-electron chi connectivity index (χ1n) is 11.0. The second-order valence-electron chi connectivity index (χ2n) is 8.94. The molecule has 10 nitrogen and oxygen atoms in total. The van der Waals surface area contributed by atoms with Crippen molar-refractivity contribution in [2.45, 2.75) is 63.5 Å². The van der Waals surface area contributed by atoms with Crippen LogP contribution in [-0.4, -0.2) is 51.9 Å². The Balaban J connectivity index is 1.46. The van der Waals surface area contributed by atoms with Crippen molar-refractivity contribution < 1.29 is 36.8 Å². The van der Waals surface area contributed by atoms with Gasteiger partial charge in [-0.3, -0.25) is 18.4 Å². The lowest BCUT2D eigenvalue weighted by Gasteiger charge is -2.34. The Labute approximate surface area is 201 Å². The molecule has 188 valence electrons. The van der Waals surface area contributed by atoms with E-state index in [1.54, 1.807) is 27.7 Å². The van der Waals surface area contributed by atoms with Gasteiger partial charge in [0.15, 0.2) is 12.0 Å². The Morgan fingerprint density at radius 2 is 2.21 bits per heavy atom. The number of nitrogen functional groups attached to an aromatic ring is 1. The zero-order valence-electron chi connectivity index (χ0n) is 19.3. The van der Waals surface area contributed by atoms with E-state index in [9.17, 15) is 13.8 Å². The molecule has 4 rings (SSSR count). The summed E-state index contributed by atoms with van der Waals surface area (Å²) in [6, 6.07) is 1.50. The number of carbonyl (C=O) groups excluding carboxylic acids is 1. The van der Waals surface area contributed by atoms with Crippen LogP contribution in [0.1, 0.15) is 40.3 Å². The van der Waals surface area contributed by atoms with Crippen molar-refractivity contribution in [2.24, 2.45) is 5.92 Å². The standard InChI is InChI=1S/C21H28ClFN3O7P/c1-11(2)31-19(27)12(3)6-8-29-34(28)30-10-15-17(33-34)21(4,22)20(32-15)26-9-13(23)16-14(24)5-7-25-18(16)26/h5,7,9,11-12,15,17,20H,6,8,10H2,1-4H3,(H2,24,25)/t12-,15-,17-,20-,21-,34+/m1/s1. The number of rotatable bonds is 7. The lowest BCUT2D eigenvalue weighted by Crippen LogP contribution is -2.44. The zero-order valence-corrected chi connectivity index (χ0v) is 20.9. The lowest BCUT2D eigenvalue weighted by molar-refractivity contribution is -0.152. The molecule has 2 aliphatic rings. The first kappa shape index (κ1) is 25.3. The van der Waals surface area contributed by atoms with Crippen LogP contribution in [0.15, 0.2) is 18.5 Å². The van der Waals surface area contributed by atoms with E-state index >= 15 is 0 Å². The number of halogens is 2. The number of nitrogens with zero attached hydrogens (tertiary/aromatic N) is 2. The van der Waals surface area contributed by atoms with Crippen molar-refractivity contribution in [3.8, 4) is 0 Å². The summed E-state index contributed by atoms with van der Waals surface area (Å²) in [6.07, 6.45) is 0.224. The number of hydrogen-bond acceptors (Lipinski definition) is 9. The van der Waals surface area contributed by atoms with Gasteiger partial charge >= 0.3 is 13.8 Å². The van der Waals surface area contributed by atoms with Crippen LogP contribution in [0, 0.1) is 11.7 Å².